The lowest BCUT2D eigenvalue weighted by Gasteiger charge is -2.14. The molecule has 0 fully saturated rings. The van der Waals surface area contributed by atoms with Gasteiger partial charge in [0.15, 0.2) is 5.78 Å². The second kappa shape index (κ2) is 6.02. The predicted molar refractivity (Wildman–Crippen MR) is 65.3 cm³/mol. The minimum Gasteiger partial charge on any atom is -0.351 e. The zero-order valence-corrected chi connectivity index (χ0v) is 10.0. The summed E-state index contributed by atoms with van der Waals surface area (Å²) in [4.78, 5) is 12.8. The van der Waals surface area contributed by atoms with Crippen LogP contribution in [-0.4, -0.2) is 17.7 Å². The number of hydrogen-bond acceptors (Lipinski definition) is 2. The summed E-state index contributed by atoms with van der Waals surface area (Å²) in [5.41, 5.74) is 2.50. The summed E-state index contributed by atoms with van der Waals surface area (Å²) in [6, 6.07) is 0. The van der Waals surface area contributed by atoms with Gasteiger partial charge < -0.3 is 4.90 Å². The zero-order valence-electron chi connectivity index (χ0n) is 10.0. The lowest BCUT2D eigenvalue weighted by atomic mass is 10.2. The van der Waals surface area contributed by atoms with E-state index in [-0.39, 0.29) is 5.78 Å². The van der Waals surface area contributed by atoms with Crippen LogP contribution in [-0.2, 0) is 4.79 Å². The molecule has 0 heterocycles. The largest absolute Gasteiger partial charge is 0.351 e. The molecule has 0 amide bonds. The summed E-state index contributed by atoms with van der Waals surface area (Å²) in [6.45, 7) is 12.9. The Morgan fingerprint density at radius 3 is 2.07 bits per heavy atom. The number of Topliss-reactive ketones (excluding diaryl/α,β-unsaturated/α-hetero) is 1. The van der Waals surface area contributed by atoms with Gasteiger partial charge in [-0.25, -0.2) is 0 Å². The topological polar surface area (TPSA) is 20.3 Å². The summed E-state index contributed by atoms with van der Waals surface area (Å²) in [5.74, 6) is 0.0681. The van der Waals surface area contributed by atoms with E-state index < -0.39 is 0 Å². The molecule has 0 bridgehead atoms. The highest BCUT2D eigenvalue weighted by molar-refractivity contribution is 5.92. The third kappa shape index (κ3) is 5.68. The van der Waals surface area contributed by atoms with Gasteiger partial charge in [-0.15, -0.1) is 0 Å². The van der Waals surface area contributed by atoms with Gasteiger partial charge in [0.2, 0.25) is 0 Å². The Bertz CT molecular complexity index is 334. The molecule has 0 spiro atoms. The molecule has 2 heteroatoms. The van der Waals surface area contributed by atoms with Crippen molar-refractivity contribution in [3.05, 3.63) is 48.4 Å². The second-order valence-electron chi connectivity index (χ2n) is 3.65. The summed E-state index contributed by atoms with van der Waals surface area (Å²) >= 11 is 0. The van der Waals surface area contributed by atoms with E-state index >= 15 is 0 Å². The van der Waals surface area contributed by atoms with Gasteiger partial charge in [-0.2, -0.15) is 0 Å². The fourth-order valence-electron chi connectivity index (χ4n) is 0.820. The van der Waals surface area contributed by atoms with Crippen molar-refractivity contribution >= 4 is 5.78 Å². The van der Waals surface area contributed by atoms with Crippen LogP contribution < -0.4 is 0 Å². The fraction of sp³-hybridized carbons (Fsp3) is 0.308. The number of carbonyl (C=O) groups excluding carboxylic acids is 1. The minimum absolute atomic E-state index is 0.0681. The number of nitrogens with zero attached hydrogens (tertiary/aromatic N) is 1. The van der Waals surface area contributed by atoms with Crippen molar-refractivity contribution in [3.8, 4) is 0 Å². The second-order valence-corrected chi connectivity index (χ2v) is 3.65. The molecule has 2 nitrogen and oxygen atoms in total. The Kier molecular flexibility index (Phi) is 5.39. The first kappa shape index (κ1) is 13.4. The highest BCUT2D eigenvalue weighted by atomic mass is 16.1. The van der Waals surface area contributed by atoms with Gasteiger partial charge >= 0.3 is 0 Å². The lowest BCUT2D eigenvalue weighted by Crippen LogP contribution is -2.09. The summed E-state index contributed by atoms with van der Waals surface area (Å²) in [7, 11) is 1.86. The molecule has 0 aliphatic rings. The molecule has 0 N–H and O–H groups in total. The van der Waals surface area contributed by atoms with Gasteiger partial charge in [0.25, 0.3) is 0 Å². The third-order valence-corrected chi connectivity index (χ3v) is 1.96. The molecule has 0 radical (unpaired) electrons. The average molecular weight is 205 g/mol. The van der Waals surface area contributed by atoms with Crippen molar-refractivity contribution in [1.82, 2.24) is 4.90 Å². The molecule has 0 saturated heterocycles. The normalized spacial score (nSPS) is 11.6. The van der Waals surface area contributed by atoms with Crippen LogP contribution in [0.5, 0.6) is 0 Å². The molecular formula is C13H19NO. The fourth-order valence-corrected chi connectivity index (χ4v) is 0.820. The van der Waals surface area contributed by atoms with Crippen molar-refractivity contribution in [1.29, 1.82) is 0 Å². The standard InChI is InChI=1S/C13H19NO/c1-10(2)7-8-12(4)14(6)9-11(3)13(5)15/h7-9H,1,4H2,2-3,5-6H3. The molecule has 0 aromatic carbocycles. The van der Waals surface area contributed by atoms with Crippen LogP contribution >= 0.6 is 0 Å². The van der Waals surface area contributed by atoms with Crippen LogP contribution in [0.25, 0.3) is 0 Å². The quantitative estimate of drug-likeness (QED) is 0.508. The number of rotatable bonds is 5. The van der Waals surface area contributed by atoms with Crippen LogP contribution in [0.15, 0.2) is 48.4 Å². The Morgan fingerprint density at radius 1 is 1.13 bits per heavy atom. The highest BCUT2D eigenvalue weighted by Gasteiger charge is 1.99. The van der Waals surface area contributed by atoms with Gasteiger partial charge in [-0.05, 0) is 26.8 Å². The zero-order chi connectivity index (χ0) is 12.0. The molecule has 0 aliphatic carbocycles. The van der Waals surface area contributed by atoms with E-state index in [1.165, 1.54) is 0 Å². The Morgan fingerprint density at radius 2 is 1.67 bits per heavy atom. The number of carbonyl (C=O) groups is 1. The monoisotopic (exact) mass is 205 g/mol. The SMILES string of the molecule is C=C(C)C=CC(=C)N(C)C=C(C)C(C)=O. The van der Waals surface area contributed by atoms with Crippen LogP contribution in [0.2, 0.25) is 0 Å². The number of ketones is 1. The van der Waals surface area contributed by atoms with E-state index in [1.807, 2.05) is 31.0 Å². The van der Waals surface area contributed by atoms with E-state index in [4.69, 9.17) is 0 Å². The third-order valence-electron chi connectivity index (χ3n) is 1.96. The smallest absolute Gasteiger partial charge is 0.156 e. The van der Waals surface area contributed by atoms with Crippen molar-refractivity contribution in [2.45, 2.75) is 20.8 Å². The van der Waals surface area contributed by atoms with E-state index in [2.05, 4.69) is 13.2 Å². The van der Waals surface area contributed by atoms with Gasteiger partial charge in [-0.3, -0.25) is 4.79 Å². The molecule has 0 atom stereocenters. The van der Waals surface area contributed by atoms with Gasteiger partial charge in [0.1, 0.15) is 0 Å². The maximum absolute atomic E-state index is 11.0. The van der Waals surface area contributed by atoms with Gasteiger partial charge in [0.05, 0.1) is 0 Å². The van der Waals surface area contributed by atoms with Crippen LogP contribution in [0.1, 0.15) is 20.8 Å². The van der Waals surface area contributed by atoms with Crippen molar-refractivity contribution < 1.29 is 4.79 Å². The highest BCUT2D eigenvalue weighted by Crippen LogP contribution is 2.06. The van der Waals surface area contributed by atoms with Crippen molar-refractivity contribution in [2.24, 2.45) is 0 Å². The van der Waals surface area contributed by atoms with E-state index in [9.17, 15) is 4.79 Å². The van der Waals surface area contributed by atoms with Gasteiger partial charge in [0, 0.05) is 24.5 Å². The maximum atomic E-state index is 11.0. The lowest BCUT2D eigenvalue weighted by molar-refractivity contribution is -0.113. The van der Waals surface area contributed by atoms with Crippen LogP contribution in [0, 0.1) is 0 Å². The first-order valence-electron chi connectivity index (χ1n) is 4.79. The van der Waals surface area contributed by atoms with Crippen molar-refractivity contribution in [2.75, 3.05) is 7.05 Å². The minimum atomic E-state index is 0.0681. The molecule has 0 rings (SSSR count). The molecule has 0 aromatic rings. The van der Waals surface area contributed by atoms with Gasteiger partial charge in [-0.1, -0.05) is 24.8 Å². The molecular weight excluding hydrogens is 186 g/mol. The predicted octanol–water partition coefficient (Wildman–Crippen LogP) is 3.06. The van der Waals surface area contributed by atoms with E-state index in [0.717, 1.165) is 11.3 Å². The summed E-state index contributed by atoms with van der Waals surface area (Å²) in [6.07, 6.45) is 5.52. The molecule has 0 aliphatic heterocycles. The summed E-state index contributed by atoms with van der Waals surface area (Å²) in [5, 5.41) is 0. The first-order valence-corrected chi connectivity index (χ1v) is 4.79. The van der Waals surface area contributed by atoms with E-state index in [1.54, 1.807) is 20.0 Å². The van der Waals surface area contributed by atoms with E-state index in [0.29, 0.717) is 5.57 Å². The first-order chi connectivity index (χ1) is 6.84. The maximum Gasteiger partial charge on any atom is 0.156 e. The van der Waals surface area contributed by atoms with Crippen LogP contribution in [0.3, 0.4) is 0 Å². The number of allylic oxidation sites excluding steroid dienone is 4. The molecule has 0 unspecified atom stereocenters. The number of likely N-dealkylation sites (N-methyl/N-ethyl adjacent to an activating group) is 1. The Labute approximate surface area is 92.3 Å². The molecule has 0 aromatic heterocycles. The summed E-state index contributed by atoms with van der Waals surface area (Å²) < 4.78 is 0. The van der Waals surface area contributed by atoms with Crippen LogP contribution in [0.4, 0.5) is 0 Å². The Hall–Kier alpha value is -1.57. The molecule has 82 valence electrons. The average Bonchev–Trinajstić information content (AvgIpc) is 2.13. The molecule has 15 heavy (non-hydrogen) atoms. The number of hydrogen-bond donors (Lipinski definition) is 0. The Balaban J connectivity index is 4.53. The molecule has 0 saturated carbocycles. The van der Waals surface area contributed by atoms with Crippen molar-refractivity contribution in [3.63, 3.8) is 0 Å².